The fourth-order valence-corrected chi connectivity index (χ4v) is 3.88. The molecule has 0 bridgehead atoms. The average molecular weight is 451 g/mol. The second-order valence-corrected chi connectivity index (χ2v) is 7.79. The maximum absolute atomic E-state index is 12.3. The number of hydrogen-bond acceptors (Lipinski definition) is 3. The second kappa shape index (κ2) is 6.36. The third-order valence-corrected chi connectivity index (χ3v) is 5.78. The van der Waals surface area contributed by atoms with E-state index in [1.165, 1.54) is 36.4 Å². The molecule has 0 unspecified atom stereocenters. The van der Waals surface area contributed by atoms with Crippen LogP contribution in [0.4, 0.5) is 5.69 Å². The van der Waals surface area contributed by atoms with Gasteiger partial charge in [-0.1, -0.05) is 11.6 Å². The molecule has 0 spiro atoms. The van der Waals surface area contributed by atoms with Gasteiger partial charge in [0.05, 0.1) is 27.2 Å². The van der Waals surface area contributed by atoms with E-state index in [0.29, 0.717) is 25.2 Å². The summed E-state index contributed by atoms with van der Waals surface area (Å²) in [5, 5.41) is 9.22. The average Bonchev–Trinajstić information content (AvgIpc) is 2.43. The van der Waals surface area contributed by atoms with Gasteiger partial charge in [0.2, 0.25) is 0 Å². The third-order valence-electron chi connectivity index (χ3n) is 2.54. The summed E-state index contributed by atoms with van der Waals surface area (Å²) in [6.07, 6.45) is 0. The molecule has 0 saturated carbocycles. The second-order valence-electron chi connectivity index (χ2n) is 3.99. The Bertz CT molecular complexity index is 848. The Balaban J connectivity index is 2.37. The number of sulfonamides is 1. The van der Waals surface area contributed by atoms with Crippen LogP contribution in [0.3, 0.4) is 0 Å². The smallest absolute Gasteiger partial charge is 0.261 e. The molecule has 8 heteroatoms. The lowest BCUT2D eigenvalue weighted by Gasteiger charge is -2.10. The van der Waals surface area contributed by atoms with E-state index in [-0.39, 0.29) is 4.90 Å². The number of halogens is 3. The van der Waals surface area contributed by atoms with Crippen LogP contribution >= 0.6 is 43.5 Å². The molecule has 0 heterocycles. The molecule has 21 heavy (non-hydrogen) atoms. The minimum absolute atomic E-state index is 0.0787. The molecule has 0 aromatic heterocycles. The van der Waals surface area contributed by atoms with Gasteiger partial charge in [-0.05, 0) is 68.3 Å². The standard InChI is InChI=1S/C13H7Br2ClN2O2S/c14-10-6-9(2-3-12(10)16)21(19,20)18-13-4-1-8(7-17)5-11(13)15/h1-6,18H. The molecule has 0 amide bonds. The lowest BCUT2D eigenvalue weighted by Crippen LogP contribution is -2.13. The van der Waals surface area contributed by atoms with E-state index in [1.54, 1.807) is 0 Å². The first-order valence-electron chi connectivity index (χ1n) is 5.51. The molecular formula is C13H7Br2ClN2O2S. The first-order valence-corrected chi connectivity index (χ1v) is 8.96. The first-order chi connectivity index (χ1) is 9.83. The fraction of sp³-hybridized carbons (Fsp3) is 0. The molecule has 2 aromatic carbocycles. The molecular weight excluding hydrogens is 443 g/mol. The van der Waals surface area contributed by atoms with Crippen LogP contribution in [-0.2, 0) is 10.0 Å². The van der Waals surface area contributed by atoms with E-state index in [4.69, 9.17) is 16.9 Å². The summed E-state index contributed by atoms with van der Waals surface area (Å²) in [7, 11) is -3.75. The minimum Gasteiger partial charge on any atom is -0.278 e. The normalized spacial score (nSPS) is 11.0. The molecule has 4 nitrogen and oxygen atoms in total. The summed E-state index contributed by atoms with van der Waals surface area (Å²) in [5.41, 5.74) is 0.777. The first kappa shape index (κ1) is 16.3. The number of rotatable bonds is 3. The number of hydrogen-bond donors (Lipinski definition) is 1. The van der Waals surface area contributed by atoms with Crippen LogP contribution in [0.2, 0.25) is 5.02 Å². The van der Waals surface area contributed by atoms with Crippen LogP contribution in [-0.4, -0.2) is 8.42 Å². The molecule has 0 aliphatic rings. The van der Waals surface area contributed by atoms with Crippen LogP contribution in [0.15, 0.2) is 50.2 Å². The van der Waals surface area contributed by atoms with Gasteiger partial charge in [0.1, 0.15) is 0 Å². The van der Waals surface area contributed by atoms with Crippen LogP contribution in [0.25, 0.3) is 0 Å². The Labute approximate surface area is 144 Å². The fourth-order valence-electron chi connectivity index (χ4n) is 1.52. The number of benzene rings is 2. The summed E-state index contributed by atoms with van der Waals surface area (Å²) < 4.78 is 28.1. The molecule has 2 rings (SSSR count). The van der Waals surface area contributed by atoms with Crippen molar-refractivity contribution in [2.24, 2.45) is 0 Å². The lowest BCUT2D eigenvalue weighted by molar-refractivity contribution is 0.601. The zero-order valence-corrected chi connectivity index (χ0v) is 15.0. The van der Waals surface area contributed by atoms with Crippen molar-refractivity contribution < 1.29 is 8.42 Å². The highest BCUT2D eigenvalue weighted by atomic mass is 79.9. The number of nitrogens with zero attached hydrogens (tertiary/aromatic N) is 1. The summed E-state index contributed by atoms with van der Waals surface area (Å²) in [6.45, 7) is 0. The van der Waals surface area contributed by atoms with Crippen molar-refractivity contribution in [1.29, 1.82) is 5.26 Å². The molecule has 2 aromatic rings. The van der Waals surface area contributed by atoms with Crippen molar-refractivity contribution in [3.63, 3.8) is 0 Å². The molecule has 0 atom stereocenters. The van der Waals surface area contributed by atoms with Gasteiger partial charge < -0.3 is 0 Å². The van der Waals surface area contributed by atoms with Gasteiger partial charge in [-0.25, -0.2) is 8.42 Å². The molecule has 1 N–H and O–H groups in total. The Kier molecular flexibility index (Phi) is 4.94. The number of anilines is 1. The van der Waals surface area contributed by atoms with Gasteiger partial charge in [-0.2, -0.15) is 5.26 Å². The van der Waals surface area contributed by atoms with E-state index in [0.717, 1.165) is 0 Å². The summed E-state index contributed by atoms with van der Waals surface area (Å²) >= 11 is 12.3. The monoisotopic (exact) mass is 448 g/mol. The SMILES string of the molecule is N#Cc1ccc(NS(=O)(=O)c2ccc(Cl)c(Br)c2)c(Br)c1. The Morgan fingerprint density at radius 1 is 1.10 bits per heavy atom. The quantitative estimate of drug-likeness (QED) is 0.747. The Hall–Kier alpha value is -1.07. The largest absolute Gasteiger partial charge is 0.278 e. The molecule has 0 aliphatic heterocycles. The number of nitrogens with one attached hydrogen (secondary N) is 1. The topological polar surface area (TPSA) is 70.0 Å². The van der Waals surface area contributed by atoms with Crippen molar-refractivity contribution in [2.75, 3.05) is 4.72 Å². The van der Waals surface area contributed by atoms with Crippen LogP contribution < -0.4 is 4.72 Å². The molecule has 0 saturated heterocycles. The maximum atomic E-state index is 12.3. The van der Waals surface area contributed by atoms with Crippen molar-refractivity contribution in [3.8, 4) is 6.07 Å². The lowest BCUT2D eigenvalue weighted by atomic mass is 10.2. The molecule has 108 valence electrons. The third kappa shape index (κ3) is 3.77. The minimum atomic E-state index is -3.75. The predicted molar refractivity (Wildman–Crippen MR) is 88.8 cm³/mol. The van der Waals surface area contributed by atoms with Crippen molar-refractivity contribution in [1.82, 2.24) is 0 Å². The summed E-state index contributed by atoms with van der Waals surface area (Å²) in [6, 6.07) is 10.9. The summed E-state index contributed by atoms with van der Waals surface area (Å²) in [4.78, 5) is 0.0787. The number of nitriles is 1. The van der Waals surface area contributed by atoms with E-state index in [1.807, 2.05) is 6.07 Å². The van der Waals surface area contributed by atoms with Gasteiger partial charge in [0, 0.05) is 8.95 Å². The van der Waals surface area contributed by atoms with Gasteiger partial charge in [0.15, 0.2) is 0 Å². The van der Waals surface area contributed by atoms with Crippen molar-refractivity contribution >= 4 is 59.2 Å². The highest BCUT2D eigenvalue weighted by Gasteiger charge is 2.17. The van der Waals surface area contributed by atoms with Crippen LogP contribution in [0.5, 0.6) is 0 Å². The van der Waals surface area contributed by atoms with E-state index < -0.39 is 10.0 Å². The van der Waals surface area contributed by atoms with Crippen LogP contribution in [0, 0.1) is 11.3 Å². The molecule has 0 radical (unpaired) electrons. The van der Waals surface area contributed by atoms with Crippen LogP contribution in [0.1, 0.15) is 5.56 Å². The van der Waals surface area contributed by atoms with Gasteiger partial charge >= 0.3 is 0 Å². The zero-order chi connectivity index (χ0) is 15.6. The molecule has 0 aliphatic carbocycles. The zero-order valence-electron chi connectivity index (χ0n) is 10.3. The van der Waals surface area contributed by atoms with Gasteiger partial charge in [-0.15, -0.1) is 0 Å². The molecule has 0 fully saturated rings. The van der Waals surface area contributed by atoms with E-state index >= 15 is 0 Å². The summed E-state index contributed by atoms with van der Waals surface area (Å²) in [5.74, 6) is 0. The maximum Gasteiger partial charge on any atom is 0.261 e. The Morgan fingerprint density at radius 2 is 1.81 bits per heavy atom. The van der Waals surface area contributed by atoms with Gasteiger partial charge in [-0.3, -0.25) is 4.72 Å². The highest BCUT2D eigenvalue weighted by molar-refractivity contribution is 9.11. The van der Waals surface area contributed by atoms with Gasteiger partial charge in [0.25, 0.3) is 10.0 Å². The van der Waals surface area contributed by atoms with E-state index in [2.05, 4.69) is 36.6 Å². The van der Waals surface area contributed by atoms with Crippen molar-refractivity contribution in [2.45, 2.75) is 4.90 Å². The Morgan fingerprint density at radius 3 is 2.38 bits per heavy atom. The highest BCUT2D eigenvalue weighted by Crippen LogP contribution is 2.29. The van der Waals surface area contributed by atoms with Crippen molar-refractivity contribution in [3.05, 3.63) is 55.9 Å². The van der Waals surface area contributed by atoms with E-state index in [9.17, 15) is 8.42 Å². The predicted octanol–water partition coefficient (Wildman–Crippen LogP) is 4.54.